The Bertz CT molecular complexity index is 1010. The topological polar surface area (TPSA) is 55.4 Å². The summed E-state index contributed by atoms with van der Waals surface area (Å²) in [5.74, 6) is -0.626. The van der Waals surface area contributed by atoms with Crippen LogP contribution in [0.3, 0.4) is 0 Å². The predicted molar refractivity (Wildman–Crippen MR) is 87.9 cm³/mol. The van der Waals surface area contributed by atoms with Crippen molar-refractivity contribution in [3.05, 3.63) is 66.7 Å². The molecule has 3 aromatic rings. The third-order valence-corrected chi connectivity index (χ3v) is 4.82. The van der Waals surface area contributed by atoms with Crippen molar-refractivity contribution < 1.29 is 26.3 Å². The Kier molecular flexibility index (Phi) is 4.30. The SMILES string of the molecule is O=S(=O)(Nc1ccccc1OC(F)(F)F)c1cccc2ccccc12. The molecule has 0 aliphatic carbocycles. The number of hydrogen-bond acceptors (Lipinski definition) is 3. The quantitative estimate of drug-likeness (QED) is 0.737. The van der Waals surface area contributed by atoms with E-state index in [2.05, 4.69) is 9.46 Å². The van der Waals surface area contributed by atoms with Crippen LogP contribution >= 0.6 is 0 Å². The van der Waals surface area contributed by atoms with Gasteiger partial charge in [-0.05, 0) is 23.6 Å². The molecule has 0 atom stereocenters. The lowest BCUT2D eigenvalue weighted by Crippen LogP contribution is -2.20. The number of para-hydroxylation sites is 2. The third kappa shape index (κ3) is 3.85. The third-order valence-electron chi connectivity index (χ3n) is 3.40. The lowest BCUT2D eigenvalue weighted by Gasteiger charge is -2.15. The van der Waals surface area contributed by atoms with Gasteiger partial charge in [-0.25, -0.2) is 8.42 Å². The molecule has 0 heterocycles. The maximum Gasteiger partial charge on any atom is 0.573 e. The number of ether oxygens (including phenoxy) is 1. The summed E-state index contributed by atoms with van der Waals surface area (Å²) in [6, 6.07) is 16.5. The Morgan fingerprint density at radius 2 is 1.48 bits per heavy atom. The zero-order chi connectivity index (χ0) is 18.1. The first-order valence-electron chi connectivity index (χ1n) is 7.12. The average molecular weight is 367 g/mol. The zero-order valence-electron chi connectivity index (χ0n) is 12.6. The molecular weight excluding hydrogens is 355 g/mol. The van der Waals surface area contributed by atoms with Crippen molar-refractivity contribution in [1.29, 1.82) is 0 Å². The lowest BCUT2D eigenvalue weighted by molar-refractivity contribution is -0.274. The minimum absolute atomic E-state index is 0.0348. The Balaban J connectivity index is 2.03. The van der Waals surface area contributed by atoms with Crippen molar-refractivity contribution >= 4 is 26.5 Å². The fourth-order valence-corrected chi connectivity index (χ4v) is 3.70. The summed E-state index contributed by atoms with van der Waals surface area (Å²) in [5.41, 5.74) is -0.298. The molecule has 1 N–H and O–H groups in total. The van der Waals surface area contributed by atoms with Crippen molar-refractivity contribution in [1.82, 2.24) is 0 Å². The van der Waals surface area contributed by atoms with E-state index in [9.17, 15) is 21.6 Å². The average Bonchev–Trinajstić information content (AvgIpc) is 2.54. The number of sulfonamides is 1. The van der Waals surface area contributed by atoms with Crippen molar-refractivity contribution in [3.8, 4) is 5.75 Å². The molecule has 0 spiro atoms. The number of hydrogen-bond donors (Lipinski definition) is 1. The Morgan fingerprint density at radius 3 is 2.24 bits per heavy atom. The van der Waals surface area contributed by atoms with E-state index < -0.39 is 22.1 Å². The van der Waals surface area contributed by atoms with Crippen LogP contribution in [-0.4, -0.2) is 14.8 Å². The summed E-state index contributed by atoms with van der Waals surface area (Å²) in [4.78, 5) is -0.0348. The van der Waals surface area contributed by atoms with Crippen LogP contribution in [0.4, 0.5) is 18.9 Å². The van der Waals surface area contributed by atoms with Crippen LogP contribution in [0.25, 0.3) is 10.8 Å². The van der Waals surface area contributed by atoms with Gasteiger partial charge in [0.1, 0.15) is 0 Å². The van der Waals surface area contributed by atoms with E-state index in [1.165, 1.54) is 24.3 Å². The van der Waals surface area contributed by atoms with E-state index in [1.54, 1.807) is 36.4 Å². The summed E-state index contributed by atoms with van der Waals surface area (Å²) >= 11 is 0. The minimum atomic E-state index is -4.93. The largest absolute Gasteiger partial charge is 0.573 e. The Morgan fingerprint density at radius 1 is 0.840 bits per heavy atom. The molecule has 8 heteroatoms. The molecule has 3 aromatic carbocycles. The molecule has 0 aliphatic heterocycles. The van der Waals surface area contributed by atoms with E-state index in [0.717, 1.165) is 6.07 Å². The molecule has 3 rings (SSSR count). The number of alkyl halides is 3. The molecule has 25 heavy (non-hydrogen) atoms. The maximum atomic E-state index is 12.7. The second-order valence-corrected chi connectivity index (χ2v) is 6.78. The molecule has 130 valence electrons. The van der Waals surface area contributed by atoms with Gasteiger partial charge < -0.3 is 4.74 Å². The molecule has 0 unspecified atom stereocenters. The monoisotopic (exact) mass is 367 g/mol. The molecule has 0 saturated heterocycles. The smallest absolute Gasteiger partial charge is 0.404 e. The van der Waals surface area contributed by atoms with Crippen molar-refractivity contribution in [2.45, 2.75) is 11.3 Å². The first kappa shape index (κ1) is 17.1. The van der Waals surface area contributed by atoms with E-state index in [-0.39, 0.29) is 10.6 Å². The van der Waals surface area contributed by atoms with Crippen molar-refractivity contribution in [3.63, 3.8) is 0 Å². The lowest BCUT2D eigenvalue weighted by atomic mass is 10.1. The molecule has 0 saturated carbocycles. The van der Waals surface area contributed by atoms with Crippen molar-refractivity contribution in [2.24, 2.45) is 0 Å². The fraction of sp³-hybridized carbons (Fsp3) is 0.0588. The normalized spacial score (nSPS) is 12.1. The van der Waals surface area contributed by atoms with E-state index in [0.29, 0.717) is 10.8 Å². The molecule has 4 nitrogen and oxygen atoms in total. The second kappa shape index (κ2) is 6.29. The molecule has 0 amide bonds. The summed E-state index contributed by atoms with van der Waals surface area (Å²) in [7, 11) is -4.12. The number of nitrogens with one attached hydrogen (secondary N) is 1. The van der Waals surface area contributed by atoms with E-state index in [4.69, 9.17) is 0 Å². The summed E-state index contributed by atoms with van der Waals surface area (Å²) in [6.45, 7) is 0. The van der Waals surface area contributed by atoms with Gasteiger partial charge in [0.25, 0.3) is 10.0 Å². The zero-order valence-corrected chi connectivity index (χ0v) is 13.4. The first-order valence-corrected chi connectivity index (χ1v) is 8.60. The highest BCUT2D eigenvalue weighted by Crippen LogP contribution is 2.32. The summed E-state index contributed by atoms with van der Waals surface area (Å²) in [6.07, 6.45) is -4.93. The van der Waals surface area contributed by atoms with Gasteiger partial charge >= 0.3 is 6.36 Å². The van der Waals surface area contributed by atoms with Gasteiger partial charge in [-0.2, -0.15) is 0 Å². The number of benzene rings is 3. The number of rotatable bonds is 4. The molecule has 0 aliphatic rings. The Hall–Kier alpha value is -2.74. The molecular formula is C17H12F3NO3S. The van der Waals surface area contributed by atoms with Crippen LogP contribution < -0.4 is 9.46 Å². The fourth-order valence-electron chi connectivity index (χ4n) is 2.39. The van der Waals surface area contributed by atoms with Crippen LogP contribution in [0.1, 0.15) is 0 Å². The van der Waals surface area contributed by atoms with Crippen molar-refractivity contribution in [2.75, 3.05) is 4.72 Å². The highest BCUT2D eigenvalue weighted by Gasteiger charge is 2.32. The van der Waals surface area contributed by atoms with Gasteiger partial charge in [0.15, 0.2) is 5.75 Å². The highest BCUT2D eigenvalue weighted by atomic mass is 32.2. The van der Waals surface area contributed by atoms with Gasteiger partial charge in [-0.3, -0.25) is 4.72 Å². The summed E-state index contributed by atoms with van der Waals surface area (Å²) < 4.78 is 68.9. The van der Waals surface area contributed by atoms with Crippen LogP contribution in [0.2, 0.25) is 0 Å². The van der Waals surface area contributed by atoms with E-state index in [1.807, 2.05) is 0 Å². The first-order chi connectivity index (χ1) is 11.8. The highest BCUT2D eigenvalue weighted by molar-refractivity contribution is 7.93. The van der Waals surface area contributed by atoms with E-state index >= 15 is 0 Å². The molecule has 0 radical (unpaired) electrons. The maximum absolute atomic E-state index is 12.7. The number of fused-ring (bicyclic) bond motifs is 1. The summed E-state index contributed by atoms with van der Waals surface area (Å²) in [5, 5.41) is 1.16. The second-order valence-electron chi connectivity index (χ2n) is 5.13. The van der Waals surface area contributed by atoms with Gasteiger partial charge in [0, 0.05) is 5.39 Å². The van der Waals surface area contributed by atoms with Crippen LogP contribution in [0.15, 0.2) is 71.6 Å². The molecule has 0 aromatic heterocycles. The molecule has 0 fully saturated rings. The van der Waals surface area contributed by atoms with Gasteiger partial charge in [-0.15, -0.1) is 13.2 Å². The predicted octanol–water partition coefficient (Wildman–Crippen LogP) is 4.54. The van der Waals surface area contributed by atoms with Crippen LogP contribution in [-0.2, 0) is 10.0 Å². The molecule has 0 bridgehead atoms. The number of halogens is 3. The Labute approximate surface area is 141 Å². The van der Waals surface area contributed by atoms with Crippen LogP contribution in [0.5, 0.6) is 5.75 Å². The van der Waals surface area contributed by atoms with Gasteiger partial charge in [0.05, 0.1) is 10.6 Å². The van der Waals surface area contributed by atoms with Gasteiger partial charge in [-0.1, -0.05) is 48.5 Å². The number of anilines is 1. The van der Waals surface area contributed by atoms with Crippen LogP contribution in [0, 0.1) is 0 Å². The van der Waals surface area contributed by atoms with Gasteiger partial charge in [0.2, 0.25) is 0 Å². The standard InChI is InChI=1S/C17H12F3NO3S/c18-17(19,20)24-15-10-4-3-9-14(15)21-25(22,23)16-11-5-7-12-6-1-2-8-13(12)16/h1-11,21H. The minimum Gasteiger partial charge on any atom is -0.404 e.